The number of fused-ring (bicyclic) bond motifs is 2. The number of nitrogens with two attached hydrogens (primary N) is 1. The summed E-state index contributed by atoms with van der Waals surface area (Å²) in [5, 5.41) is 0. The molecule has 2 nitrogen and oxygen atoms in total. The molecular formula is C13H16N2S. The van der Waals surface area contributed by atoms with Gasteiger partial charge in [-0.05, 0) is 49.4 Å². The summed E-state index contributed by atoms with van der Waals surface area (Å²) in [6.45, 7) is 1.23. The van der Waals surface area contributed by atoms with Gasteiger partial charge >= 0.3 is 0 Å². The first kappa shape index (κ1) is 10.1. The minimum atomic E-state index is 0.481. The van der Waals surface area contributed by atoms with E-state index in [1.54, 1.807) is 0 Å². The largest absolute Gasteiger partial charge is 0.389 e. The minimum Gasteiger partial charge on any atom is -0.389 e. The molecule has 1 saturated carbocycles. The molecule has 1 aromatic carbocycles. The summed E-state index contributed by atoms with van der Waals surface area (Å²) in [6.07, 6.45) is 4.17. The molecule has 1 aliphatic carbocycles. The third-order valence-electron chi connectivity index (χ3n) is 3.89. The van der Waals surface area contributed by atoms with Gasteiger partial charge in [-0.1, -0.05) is 12.2 Å². The lowest BCUT2D eigenvalue weighted by molar-refractivity contribution is 0.553. The van der Waals surface area contributed by atoms with Crippen molar-refractivity contribution in [2.75, 3.05) is 11.4 Å². The van der Waals surface area contributed by atoms with Crippen molar-refractivity contribution in [2.24, 2.45) is 11.7 Å². The van der Waals surface area contributed by atoms with Crippen molar-refractivity contribution < 1.29 is 0 Å². The van der Waals surface area contributed by atoms with Crippen LogP contribution in [0.25, 0.3) is 0 Å². The van der Waals surface area contributed by atoms with E-state index >= 15 is 0 Å². The normalized spacial score (nSPS) is 27.4. The molecule has 0 radical (unpaired) electrons. The molecule has 0 amide bonds. The minimum absolute atomic E-state index is 0.481. The van der Waals surface area contributed by atoms with E-state index in [1.807, 2.05) is 12.1 Å². The number of piperidine rings is 1. The highest BCUT2D eigenvalue weighted by Gasteiger charge is 2.37. The maximum absolute atomic E-state index is 5.60. The molecule has 1 saturated heterocycles. The van der Waals surface area contributed by atoms with Crippen molar-refractivity contribution >= 4 is 22.9 Å². The van der Waals surface area contributed by atoms with Gasteiger partial charge in [0.25, 0.3) is 0 Å². The van der Waals surface area contributed by atoms with Crippen molar-refractivity contribution in [3.63, 3.8) is 0 Å². The van der Waals surface area contributed by atoms with Crippen LogP contribution in [0.15, 0.2) is 24.3 Å². The fourth-order valence-corrected chi connectivity index (χ4v) is 3.19. The van der Waals surface area contributed by atoms with Gasteiger partial charge in [-0.15, -0.1) is 0 Å². The van der Waals surface area contributed by atoms with Crippen LogP contribution >= 0.6 is 12.2 Å². The molecule has 1 aromatic rings. The van der Waals surface area contributed by atoms with E-state index in [2.05, 4.69) is 17.0 Å². The maximum Gasteiger partial charge on any atom is 0.103 e. The van der Waals surface area contributed by atoms with Crippen molar-refractivity contribution in [3.8, 4) is 0 Å². The van der Waals surface area contributed by atoms with E-state index in [9.17, 15) is 0 Å². The zero-order valence-electron chi connectivity index (χ0n) is 9.23. The van der Waals surface area contributed by atoms with Crippen molar-refractivity contribution in [3.05, 3.63) is 29.8 Å². The number of thiocarbonyl (C=S) groups is 1. The van der Waals surface area contributed by atoms with Gasteiger partial charge in [-0.3, -0.25) is 0 Å². The second-order valence-electron chi connectivity index (χ2n) is 4.90. The van der Waals surface area contributed by atoms with Crippen LogP contribution in [0.4, 0.5) is 5.69 Å². The second-order valence-corrected chi connectivity index (χ2v) is 5.34. The molecule has 84 valence electrons. The Bertz CT molecular complexity index is 412. The lowest BCUT2D eigenvalue weighted by Crippen LogP contribution is -2.31. The van der Waals surface area contributed by atoms with Crippen LogP contribution in [0.3, 0.4) is 0 Å². The molecule has 1 heterocycles. The lowest BCUT2D eigenvalue weighted by atomic mass is 10.1. The number of hydrogen-bond donors (Lipinski definition) is 1. The van der Waals surface area contributed by atoms with E-state index in [-0.39, 0.29) is 0 Å². The summed E-state index contributed by atoms with van der Waals surface area (Å²) in [5.74, 6) is 0.931. The van der Waals surface area contributed by atoms with Gasteiger partial charge in [0.2, 0.25) is 0 Å². The average molecular weight is 232 g/mol. The molecular weight excluding hydrogens is 216 g/mol. The number of anilines is 1. The standard InChI is InChI=1S/C13H16N2S/c14-13(16)10-2-5-11(6-3-10)15-8-9-1-4-12(15)7-9/h2-3,5-6,9,12H,1,4,7-8H2,(H2,14,16). The Morgan fingerprint density at radius 1 is 1.25 bits per heavy atom. The highest BCUT2D eigenvalue weighted by Crippen LogP contribution is 2.40. The predicted octanol–water partition coefficient (Wildman–Crippen LogP) is 2.31. The Labute approximate surface area is 101 Å². The lowest BCUT2D eigenvalue weighted by Gasteiger charge is -2.29. The van der Waals surface area contributed by atoms with Crippen molar-refractivity contribution in [1.29, 1.82) is 0 Å². The first-order valence-electron chi connectivity index (χ1n) is 5.90. The van der Waals surface area contributed by atoms with Crippen LogP contribution in [0.5, 0.6) is 0 Å². The molecule has 2 fully saturated rings. The van der Waals surface area contributed by atoms with E-state index in [0.29, 0.717) is 4.99 Å². The summed E-state index contributed by atoms with van der Waals surface area (Å²) in [5.41, 5.74) is 7.88. The van der Waals surface area contributed by atoms with Crippen LogP contribution in [-0.4, -0.2) is 17.6 Å². The SMILES string of the molecule is NC(=S)c1ccc(N2CC3CCC2C3)cc1. The molecule has 2 N–H and O–H groups in total. The fourth-order valence-electron chi connectivity index (χ4n) is 3.06. The van der Waals surface area contributed by atoms with Crippen LogP contribution < -0.4 is 10.6 Å². The Morgan fingerprint density at radius 3 is 2.50 bits per heavy atom. The van der Waals surface area contributed by atoms with Gasteiger partial charge in [0, 0.05) is 23.8 Å². The summed E-state index contributed by atoms with van der Waals surface area (Å²) in [6, 6.07) is 9.14. The van der Waals surface area contributed by atoms with E-state index < -0.39 is 0 Å². The molecule has 16 heavy (non-hydrogen) atoms. The number of benzene rings is 1. The Hall–Kier alpha value is -1.09. The molecule has 0 aromatic heterocycles. The third-order valence-corrected chi connectivity index (χ3v) is 4.13. The topological polar surface area (TPSA) is 29.3 Å². The van der Waals surface area contributed by atoms with Crippen LogP contribution in [0.2, 0.25) is 0 Å². The number of nitrogens with zero attached hydrogens (tertiary/aromatic N) is 1. The van der Waals surface area contributed by atoms with Gasteiger partial charge in [-0.25, -0.2) is 0 Å². The molecule has 2 unspecified atom stereocenters. The van der Waals surface area contributed by atoms with Gasteiger partial charge < -0.3 is 10.6 Å². The molecule has 1 aliphatic heterocycles. The smallest absolute Gasteiger partial charge is 0.103 e. The zero-order valence-corrected chi connectivity index (χ0v) is 10.0. The van der Waals surface area contributed by atoms with Crippen molar-refractivity contribution in [2.45, 2.75) is 25.3 Å². The second kappa shape index (κ2) is 3.74. The molecule has 2 aliphatic rings. The van der Waals surface area contributed by atoms with Gasteiger partial charge in [0.15, 0.2) is 0 Å². The zero-order chi connectivity index (χ0) is 11.1. The van der Waals surface area contributed by atoms with Crippen LogP contribution in [-0.2, 0) is 0 Å². The van der Waals surface area contributed by atoms with E-state index in [1.165, 1.54) is 31.5 Å². The molecule has 2 bridgehead atoms. The van der Waals surface area contributed by atoms with E-state index in [0.717, 1.165) is 17.5 Å². The number of rotatable bonds is 2. The predicted molar refractivity (Wildman–Crippen MR) is 70.8 cm³/mol. The van der Waals surface area contributed by atoms with Crippen LogP contribution in [0, 0.1) is 5.92 Å². The third kappa shape index (κ3) is 1.59. The summed E-state index contributed by atoms with van der Waals surface area (Å²) in [4.78, 5) is 3.02. The molecule has 3 rings (SSSR count). The van der Waals surface area contributed by atoms with E-state index in [4.69, 9.17) is 18.0 Å². The Morgan fingerprint density at radius 2 is 2.00 bits per heavy atom. The van der Waals surface area contributed by atoms with Gasteiger partial charge in [-0.2, -0.15) is 0 Å². The highest BCUT2D eigenvalue weighted by atomic mass is 32.1. The fraction of sp³-hybridized carbons (Fsp3) is 0.462. The first-order valence-corrected chi connectivity index (χ1v) is 6.31. The monoisotopic (exact) mass is 232 g/mol. The maximum atomic E-state index is 5.60. The Balaban J connectivity index is 1.82. The summed E-state index contributed by atoms with van der Waals surface area (Å²) >= 11 is 4.96. The Kier molecular flexibility index (Phi) is 2.36. The molecule has 3 heteroatoms. The average Bonchev–Trinajstić information content (AvgIpc) is 2.91. The summed E-state index contributed by atoms with van der Waals surface area (Å²) in [7, 11) is 0. The molecule has 2 atom stereocenters. The van der Waals surface area contributed by atoms with Crippen LogP contribution in [0.1, 0.15) is 24.8 Å². The summed E-state index contributed by atoms with van der Waals surface area (Å²) < 4.78 is 0. The number of hydrogen-bond acceptors (Lipinski definition) is 2. The van der Waals surface area contributed by atoms with Gasteiger partial charge in [0.05, 0.1) is 0 Å². The van der Waals surface area contributed by atoms with Crippen molar-refractivity contribution in [1.82, 2.24) is 0 Å². The quantitative estimate of drug-likeness (QED) is 0.793. The molecule has 0 spiro atoms. The first-order chi connectivity index (χ1) is 7.74. The van der Waals surface area contributed by atoms with Gasteiger partial charge in [0.1, 0.15) is 4.99 Å². The highest BCUT2D eigenvalue weighted by molar-refractivity contribution is 7.80.